The van der Waals surface area contributed by atoms with E-state index in [1.807, 2.05) is 34.6 Å². The number of aryl methyl sites for hydroxylation is 2. The molecule has 9 heteroatoms. The summed E-state index contributed by atoms with van der Waals surface area (Å²) in [7, 11) is -3.67. The van der Waals surface area contributed by atoms with Crippen LogP contribution in [0.5, 0.6) is 0 Å². The van der Waals surface area contributed by atoms with Crippen molar-refractivity contribution in [2.24, 2.45) is 11.8 Å². The minimum atomic E-state index is -3.67. The van der Waals surface area contributed by atoms with Crippen LogP contribution in [0.25, 0.3) is 10.2 Å². The normalized spacial score (nSPS) is 12.4. The number of fused-ring (bicyclic) bond motifs is 1. The zero-order valence-electron chi connectivity index (χ0n) is 24.7. The summed E-state index contributed by atoms with van der Waals surface area (Å²) in [6.07, 6.45) is 0. The van der Waals surface area contributed by atoms with Crippen LogP contribution in [0.3, 0.4) is 0 Å². The van der Waals surface area contributed by atoms with E-state index < -0.39 is 10.0 Å². The van der Waals surface area contributed by atoms with Crippen LogP contribution in [0.1, 0.15) is 63.0 Å². The maximum atomic E-state index is 13.9. The van der Waals surface area contributed by atoms with E-state index in [9.17, 15) is 13.2 Å². The quantitative estimate of drug-likeness (QED) is 0.244. The predicted molar refractivity (Wildman–Crippen MR) is 163 cm³/mol. The maximum absolute atomic E-state index is 13.9. The fraction of sp³-hybridized carbons (Fsp3) is 0.533. The van der Waals surface area contributed by atoms with Gasteiger partial charge in [0.2, 0.25) is 10.0 Å². The van der Waals surface area contributed by atoms with Crippen molar-refractivity contribution in [3.8, 4) is 0 Å². The molecule has 0 aliphatic carbocycles. The summed E-state index contributed by atoms with van der Waals surface area (Å²) in [5, 5.41) is 0.660. The zero-order valence-corrected chi connectivity index (χ0v) is 26.3. The van der Waals surface area contributed by atoms with Crippen molar-refractivity contribution >= 4 is 42.6 Å². The Morgan fingerprint density at radius 1 is 0.923 bits per heavy atom. The first-order valence-electron chi connectivity index (χ1n) is 13.9. The largest absolute Gasteiger partial charge is 0.302 e. The van der Waals surface area contributed by atoms with E-state index in [2.05, 4.69) is 37.8 Å². The number of nitrogens with zero attached hydrogens (tertiary/aromatic N) is 4. The molecule has 0 aliphatic heterocycles. The van der Waals surface area contributed by atoms with Gasteiger partial charge in [-0.1, -0.05) is 58.9 Å². The van der Waals surface area contributed by atoms with Crippen LogP contribution in [-0.4, -0.2) is 67.8 Å². The van der Waals surface area contributed by atoms with Crippen LogP contribution in [0.2, 0.25) is 0 Å². The number of hydrogen-bond donors (Lipinski definition) is 0. The summed E-state index contributed by atoms with van der Waals surface area (Å²) in [5.74, 6) is 0.237. The van der Waals surface area contributed by atoms with E-state index in [-0.39, 0.29) is 22.6 Å². The lowest BCUT2D eigenvalue weighted by atomic mass is 10.1. The molecule has 0 N–H and O–H groups in total. The molecule has 39 heavy (non-hydrogen) atoms. The van der Waals surface area contributed by atoms with Gasteiger partial charge in [-0.2, -0.15) is 4.31 Å². The first-order valence-corrected chi connectivity index (χ1v) is 16.1. The molecule has 0 fully saturated rings. The molecule has 7 nitrogen and oxygen atoms in total. The number of rotatable bonds is 13. The van der Waals surface area contributed by atoms with Crippen LogP contribution in [0.15, 0.2) is 41.3 Å². The second-order valence-corrected chi connectivity index (χ2v) is 14.0. The highest BCUT2D eigenvalue weighted by Crippen LogP contribution is 2.32. The Bertz CT molecular complexity index is 1350. The first-order chi connectivity index (χ1) is 18.4. The van der Waals surface area contributed by atoms with Gasteiger partial charge >= 0.3 is 0 Å². The third-order valence-corrected chi connectivity index (χ3v) is 9.58. The van der Waals surface area contributed by atoms with Crippen molar-refractivity contribution in [1.29, 1.82) is 0 Å². The number of aromatic nitrogens is 1. The Kier molecular flexibility index (Phi) is 10.7. The third kappa shape index (κ3) is 7.66. The molecular formula is C30H44N4O3S2. The summed E-state index contributed by atoms with van der Waals surface area (Å²) < 4.78 is 29.5. The van der Waals surface area contributed by atoms with Gasteiger partial charge in [0.05, 0.1) is 15.1 Å². The molecule has 0 spiro atoms. The van der Waals surface area contributed by atoms with E-state index >= 15 is 0 Å². The molecule has 1 aromatic heterocycles. The Hall–Kier alpha value is -2.33. The fourth-order valence-corrected chi connectivity index (χ4v) is 7.63. The van der Waals surface area contributed by atoms with Crippen LogP contribution < -0.4 is 4.90 Å². The smallest absolute Gasteiger partial charge is 0.260 e. The van der Waals surface area contributed by atoms with Gasteiger partial charge in [-0.05, 0) is 80.2 Å². The molecule has 0 unspecified atom stereocenters. The molecule has 0 atom stereocenters. The molecule has 1 amide bonds. The second-order valence-electron chi connectivity index (χ2n) is 11.0. The highest BCUT2D eigenvalue weighted by molar-refractivity contribution is 7.89. The number of hydrogen-bond acceptors (Lipinski definition) is 6. The summed E-state index contributed by atoms with van der Waals surface area (Å²) in [4.78, 5) is 23.0. The topological polar surface area (TPSA) is 73.8 Å². The molecule has 214 valence electrons. The Labute approximate surface area is 238 Å². The summed E-state index contributed by atoms with van der Waals surface area (Å²) in [6, 6.07) is 10.6. The lowest BCUT2D eigenvalue weighted by Crippen LogP contribution is -2.39. The summed E-state index contributed by atoms with van der Waals surface area (Å²) in [5.41, 5.74) is 3.61. The minimum absolute atomic E-state index is 0.180. The molecule has 0 bridgehead atoms. The van der Waals surface area contributed by atoms with Gasteiger partial charge in [-0.3, -0.25) is 9.69 Å². The van der Waals surface area contributed by atoms with Crippen molar-refractivity contribution < 1.29 is 13.2 Å². The van der Waals surface area contributed by atoms with E-state index in [0.29, 0.717) is 30.3 Å². The zero-order chi connectivity index (χ0) is 28.9. The molecule has 0 saturated heterocycles. The monoisotopic (exact) mass is 572 g/mol. The van der Waals surface area contributed by atoms with Crippen molar-refractivity contribution in [3.63, 3.8) is 0 Å². The Morgan fingerprint density at radius 2 is 1.51 bits per heavy atom. The molecule has 0 aliphatic rings. The molecule has 2 aromatic carbocycles. The first kappa shape index (κ1) is 31.2. The summed E-state index contributed by atoms with van der Waals surface area (Å²) >= 11 is 1.52. The van der Waals surface area contributed by atoms with Crippen molar-refractivity contribution in [1.82, 2.24) is 14.2 Å². The highest BCUT2D eigenvalue weighted by Gasteiger charge is 2.27. The average Bonchev–Trinajstić information content (AvgIpc) is 3.29. The number of sulfonamides is 1. The molecule has 0 radical (unpaired) electrons. The number of amides is 1. The highest BCUT2D eigenvalue weighted by atomic mass is 32.2. The van der Waals surface area contributed by atoms with Crippen molar-refractivity contribution in [2.45, 2.75) is 60.3 Å². The van der Waals surface area contributed by atoms with E-state index in [1.54, 1.807) is 33.5 Å². The van der Waals surface area contributed by atoms with Gasteiger partial charge in [0.1, 0.15) is 0 Å². The molecule has 1 heterocycles. The van der Waals surface area contributed by atoms with Crippen LogP contribution in [0, 0.1) is 25.7 Å². The van der Waals surface area contributed by atoms with Crippen molar-refractivity contribution in [3.05, 3.63) is 53.1 Å². The number of anilines is 1. The van der Waals surface area contributed by atoms with Crippen LogP contribution >= 0.6 is 11.3 Å². The average molecular weight is 573 g/mol. The number of likely N-dealkylation sites (N-methyl/N-ethyl adjacent to an activating group) is 1. The van der Waals surface area contributed by atoms with Gasteiger partial charge < -0.3 is 4.90 Å². The van der Waals surface area contributed by atoms with Gasteiger partial charge in [0.25, 0.3) is 5.91 Å². The predicted octanol–water partition coefficient (Wildman–Crippen LogP) is 6.20. The molecule has 0 saturated carbocycles. The van der Waals surface area contributed by atoms with E-state index in [1.165, 1.54) is 11.3 Å². The SMILES string of the molecule is CCN(CC)CCN(C(=O)c1ccc(S(=O)(=O)N(CC(C)C)CC(C)C)cc1)c1nc2c(C)cc(C)cc2s1. The molecule has 3 rings (SSSR count). The van der Waals surface area contributed by atoms with Crippen molar-refractivity contribution in [2.75, 3.05) is 44.2 Å². The second kappa shape index (κ2) is 13.4. The minimum Gasteiger partial charge on any atom is -0.302 e. The van der Waals surface area contributed by atoms with E-state index in [0.717, 1.165) is 41.0 Å². The summed E-state index contributed by atoms with van der Waals surface area (Å²) in [6.45, 7) is 20.3. The van der Waals surface area contributed by atoms with Crippen LogP contribution in [-0.2, 0) is 10.0 Å². The third-order valence-electron chi connectivity index (χ3n) is 6.71. The van der Waals surface area contributed by atoms with E-state index in [4.69, 9.17) is 4.98 Å². The van der Waals surface area contributed by atoms with Gasteiger partial charge in [0.15, 0.2) is 5.13 Å². The van der Waals surface area contributed by atoms with Gasteiger partial charge in [0, 0.05) is 31.7 Å². The van der Waals surface area contributed by atoms with Gasteiger partial charge in [-0.25, -0.2) is 13.4 Å². The molecular weight excluding hydrogens is 528 g/mol. The number of thiazole rings is 1. The van der Waals surface area contributed by atoms with Gasteiger partial charge in [-0.15, -0.1) is 0 Å². The lowest BCUT2D eigenvalue weighted by molar-refractivity contribution is 0.0983. The Morgan fingerprint density at radius 3 is 2.05 bits per heavy atom. The fourth-order valence-electron chi connectivity index (χ4n) is 4.70. The maximum Gasteiger partial charge on any atom is 0.260 e. The lowest BCUT2D eigenvalue weighted by Gasteiger charge is -2.26. The van der Waals surface area contributed by atoms with Crippen LogP contribution in [0.4, 0.5) is 5.13 Å². The standard InChI is InChI=1S/C30H44N4O3S2/c1-9-32(10-2)15-16-34(30-31-28-24(8)17-23(7)18-27(28)38-30)29(35)25-11-13-26(14-12-25)39(36,37)33(19-21(3)4)20-22(5)6/h11-14,17-18,21-22H,9-10,15-16,19-20H2,1-8H3. The Balaban J connectivity index is 1.96. The number of carbonyl (C=O) groups is 1. The number of benzene rings is 2. The molecule has 3 aromatic rings. The number of carbonyl (C=O) groups excluding carboxylic acids is 1.